The summed E-state index contributed by atoms with van der Waals surface area (Å²) in [6.45, 7) is 5.26. The first-order valence-electron chi connectivity index (χ1n) is 13.1. The lowest BCUT2D eigenvalue weighted by Gasteiger charge is -2.22. The van der Waals surface area contributed by atoms with E-state index in [1.54, 1.807) is 20.8 Å². The second-order valence-corrected chi connectivity index (χ2v) is 10.6. The Balaban J connectivity index is 1.22. The summed E-state index contributed by atoms with van der Waals surface area (Å²) < 4.78 is 17.1. The molecule has 0 radical (unpaired) electrons. The molecule has 0 aliphatic carbocycles. The van der Waals surface area contributed by atoms with E-state index in [4.69, 9.17) is 13.9 Å². The second-order valence-electron chi connectivity index (χ2n) is 10.6. The van der Waals surface area contributed by atoms with Gasteiger partial charge >= 0.3 is 12.1 Å². The summed E-state index contributed by atoms with van der Waals surface area (Å²) in [5, 5.41) is 14.0. The Morgan fingerprint density at radius 3 is 2.12 bits per heavy atom. The number of amides is 1. The van der Waals surface area contributed by atoms with Gasteiger partial charge in [0.1, 0.15) is 28.6 Å². The smallest absolute Gasteiger partial charge is 0.408 e. The molecule has 1 atom stereocenters. The number of fused-ring (bicyclic) bond motifs is 3. The van der Waals surface area contributed by atoms with Crippen molar-refractivity contribution in [3.63, 3.8) is 0 Å². The zero-order chi connectivity index (χ0) is 28.3. The van der Waals surface area contributed by atoms with Gasteiger partial charge in [-0.1, -0.05) is 72.8 Å². The lowest BCUT2D eigenvalue weighted by Crippen LogP contribution is -2.44. The van der Waals surface area contributed by atoms with E-state index in [1.165, 1.54) is 0 Å². The molecule has 0 spiro atoms. The van der Waals surface area contributed by atoms with Crippen LogP contribution in [0.15, 0.2) is 95.4 Å². The van der Waals surface area contributed by atoms with Crippen LogP contribution in [0.4, 0.5) is 4.79 Å². The number of hydrogen-bond donors (Lipinski definition) is 2. The quantitative estimate of drug-likeness (QED) is 0.211. The van der Waals surface area contributed by atoms with Gasteiger partial charge in [-0.3, -0.25) is 0 Å². The van der Waals surface area contributed by atoms with E-state index < -0.39 is 23.7 Å². The summed E-state index contributed by atoms with van der Waals surface area (Å²) in [7, 11) is 0. The van der Waals surface area contributed by atoms with Crippen LogP contribution in [0, 0.1) is 0 Å². The topological polar surface area (TPSA) is 98.0 Å². The minimum atomic E-state index is -1.15. The maximum absolute atomic E-state index is 11.9. The molecule has 0 aliphatic rings. The van der Waals surface area contributed by atoms with Crippen LogP contribution in [0.25, 0.3) is 44.2 Å². The summed E-state index contributed by atoms with van der Waals surface area (Å²) in [5.74, 6) is -0.539. The van der Waals surface area contributed by atoms with Gasteiger partial charge in [-0.2, -0.15) is 0 Å². The normalized spacial score (nSPS) is 12.3. The number of aliphatic carboxylic acids is 1. The number of benzene rings is 4. The standard InChI is InChI=1S/C33H31NO6/c1-33(2,3)40-32(37)34-28(31(35)36)19-20-38-24-17-15-22(16-18-24)21-11-13-23(14-12-21)25-8-6-9-27-26-7-4-5-10-29(26)39-30(25)27/h4-18,28H,19-20H2,1-3H3,(H,34,37)(H,35,36). The van der Waals surface area contributed by atoms with Crippen molar-refractivity contribution in [1.82, 2.24) is 5.32 Å². The van der Waals surface area contributed by atoms with Crippen LogP contribution >= 0.6 is 0 Å². The van der Waals surface area contributed by atoms with Crippen molar-refractivity contribution >= 4 is 34.0 Å². The Labute approximate surface area is 232 Å². The third kappa shape index (κ3) is 6.10. The number of ether oxygens (including phenoxy) is 2. The van der Waals surface area contributed by atoms with E-state index >= 15 is 0 Å². The van der Waals surface area contributed by atoms with Gasteiger partial charge in [0.15, 0.2) is 0 Å². The minimum absolute atomic E-state index is 0.0930. The SMILES string of the molecule is CC(C)(C)OC(=O)NC(CCOc1ccc(-c2ccc(-c3cccc4c3oc3ccccc34)cc2)cc1)C(=O)O. The first-order valence-corrected chi connectivity index (χ1v) is 13.1. The first kappa shape index (κ1) is 26.8. The zero-order valence-corrected chi connectivity index (χ0v) is 22.6. The van der Waals surface area contributed by atoms with Crippen LogP contribution in [0.5, 0.6) is 5.75 Å². The third-order valence-corrected chi connectivity index (χ3v) is 6.45. The number of alkyl carbamates (subject to hydrolysis) is 1. The van der Waals surface area contributed by atoms with Crippen LogP contribution < -0.4 is 10.1 Å². The third-order valence-electron chi connectivity index (χ3n) is 6.45. The van der Waals surface area contributed by atoms with Gasteiger partial charge in [0.05, 0.1) is 6.61 Å². The molecule has 0 aliphatic heterocycles. The molecule has 1 unspecified atom stereocenters. The maximum Gasteiger partial charge on any atom is 0.408 e. The Morgan fingerprint density at radius 2 is 1.45 bits per heavy atom. The highest BCUT2D eigenvalue weighted by atomic mass is 16.6. The Morgan fingerprint density at radius 1 is 0.825 bits per heavy atom. The van der Waals surface area contributed by atoms with Gasteiger partial charge in [-0.25, -0.2) is 9.59 Å². The molecule has 7 heteroatoms. The van der Waals surface area contributed by atoms with Crippen molar-refractivity contribution in [3.8, 4) is 28.0 Å². The molecule has 0 fully saturated rings. The van der Waals surface area contributed by atoms with Gasteiger partial charge in [0.25, 0.3) is 0 Å². The van der Waals surface area contributed by atoms with Crippen molar-refractivity contribution < 1.29 is 28.6 Å². The Bertz CT molecular complexity index is 1650. The number of carboxylic acids is 1. The van der Waals surface area contributed by atoms with Crippen LogP contribution in [-0.2, 0) is 9.53 Å². The fourth-order valence-corrected chi connectivity index (χ4v) is 4.56. The molecule has 1 amide bonds. The molecular formula is C33H31NO6. The summed E-state index contributed by atoms with van der Waals surface area (Å²) >= 11 is 0. The van der Waals surface area contributed by atoms with E-state index in [0.717, 1.165) is 44.2 Å². The highest BCUT2D eigenvalue weighted by Gasteiger charge is 2.24. The highest BCUT2D eigenvalue weighted by Crippen LogP contribution is 2.36. The molecular weight excluding hydrogens is 506 g/mol. The van der Waals surface area contributed by atoms with E-state index in [-0.39, 0.29) is 13.0 Å². The molecule has 0 bridgehead atoms. The molecule has 1 heterocycles. The monoisotopic (exact) mass is 537 g/mol. The van der Waals surface area contributed by atoms with Crippen molar-refractivity contribution in [2.24, 2.45) is 0 Å². The highest BCUT2D eigenvalue weighted by molar-refractivity contribution is 6.09. The predicted octanol–water partition coefficient (Wildman–Crippen LogP) is 7.67. The summed E-state index contributed by atoms with van der Waals surface area (Å²) in [6.07, 6.45) is -0.681. The van der Waals surface area contributed by atoms with Gasteiger partial charge < -0.3 is 24.3 Å². The first-order chi connectivity index (χ1) is 19.2. The van der Waals surface area contributed by atoms with Gasteiger partial charge in [-0.15, -0.1) is 0 Å². The molecule has 1 aromatic heterocycles. The van der Waals surface area contributed by atoms with Crippen LogP contribution in [0.2, 0.25) is 0 Å². The Hall–Kier alpha value is -4.78. The van der Waals surface area contributed by atoms with E-state index in [1.807, 2.05) is 42.5 Å². The van der Waals surface area contributed by atoms with Crippen molar-refractivity contribution in [2.45, 2.75) is 38.8 Å². The van der Waals surface area contributed by atoms with Gasteiger partial charge in [-0.05, 0) is 55.7 Å². The lowest BCUT2D eigenvalue weighted by molar-refractivity contribution is -0.139. The largest absolute Gasteiger partial charge is 0.494 e. The number of rotatable bonds is 8. The molecule has 204 valence electrons. The van der Waals surface area contributed by atoms with Crippen molar-refractivity contribution in [1.29, 1.82) is 0 Å². The fourth-order valence-electron chi connectivity index (χ4n) is 4.56. The summed E-state index contributed by atoms with van der Waals surface area (Å²) in [4.78, 5) is 23.5. The summed E-state index contributed by atoms with van der Waals surface area (Å²) in [6, 6.07) is 29.1. The second kappa shape index (κ2) is 11.1. The number of nitrogens with one attached hydrogen (secondary N) is 1. The molecule has 4 aromatic carbocycles. The number of carbonyl (C=O) groups excluding carboxylic acids is 1. The van der Waals surface area contributed by atoms with Gasteiger partial charge in [0, 0.05) is 22.8 Å². The number of carboxylic acid groups (broad SMARTS) is 1. The number of carbonyl (C=O) groups is 2. The van der Waals surface area contributed by atoms with Crippen LogP contribution in [-0.4, -0.2) is 35.4 Å². The predicted molar refractivity (Wildman–Crippen MR) is 155 cm³/mol. The zero-order valence-electron chi connectivity index (χ0n) is 22.6. The van der Waals surface area contributed by atoms with Gasteiger partial charge in [0.2, 0.25) is 0 Å². The fraction of sp³-hybridized carbons (Fsp3) is 0.212. The molecule has 5 aromatic rings. The van der Waals surface area contributed by atoms with Crippen LogP contribution in [0.3, 0.4) is 0 Å². The average Bonchev–Trinajstić information content (AvgIpc) is 3.31. The molecule has 0 saturated carbocycles. The van der Waals surface area contributed by atoms with E-state index in [0.29, 0.717) is 5.75 Å². The number of hydrogen-bond acceptors (Lipinski definition) is 5. The van der Waals surface area contributed by atoms with E-state index in [9.17, 15) is 14.7 Å². The maximum atomic E-state index is 11.9. The lowest BCUT2D eigenvalue weighted by atomic mass is 9.99. The molecule has 40 heavy (non-hydrogen) atoms. The molecule has 2 N–H and O–H groups in total. The van der Waals surface area contributed by atoms with Crippen molar-refractivity contribution in [3.05, 3.63) is 91.0 Å². The van der Waals surface area contributed by atoms with Crippen molar-refractivity contribution in [2.75, 3.05) is 6.61 Å². The molecule has 7 nitrogen and oxygen atoms in total. The van der Waals surface area contributed by atoms with Crippen LogP contribution in [0.1, 0.15) is 27.2 Å². The number of furan rings is 1. The molecule has 0 saturated heterocycles. The minimum Gasteiger partial charge on any atom is -0.494 e. The van der Waals surface area contributed by atoms with E-state index in [2.05, 4.69) is 53.8 Å². The average molecular weight is 538 g/mol. The summed E-state index contributed by atoms with van der Waals surface area (Å²) in [5.41, 5.74) is 5.24. The molecule has 5 rings (SSSR count). The Kier molecular flexibility index (Phi) is 7.47. The number of para-hydroxylation sites is 2.